The van der Waals surface area contributed by atoms with Crippen molar-refractivity contribution in [2.45, 2.75) is 40.3 Å². The molecule has 0 spiro atoms. The van der Waals surface area contributed by atoms with Crippen LogP contribution in [0.5, 0.6) is 0 Å². The van der Waals surface area contributed by atoms with Crippen LogP contribution in [0, 0.1) is 12.8 Å². The minimum Gasteiger partial charge on any atom is -0.328 e. The van der Waals surface area contributed by atoms with Gasteiger partial charge in [0.2, 0.25) is 0 Å². The zero-order chi connectivity index (χ0) is 19.0. The van der Waals surface area contributed by atoms with Crippen molar-refractivity contribution in [3.63, 3.8) is 0 Å². The standard InChI is InChI=1S/C22H24N4O/c1-15(2)10-21-23-12-18-13-26(14-19(18)24-21)22(27)17-7-6-16(3)20(11-17)25-8-4-5-9-25/h4-9,11-12,15H,10,13-14H2,1-3H3. The van der Waals surface area contributed by atoms with E-state index in [1.165, 1.54) is 0 Å². The highest BCUT2D eigenvalue weighted by Gasteiger charge is 2.26. The molecule has 5 nitrogen and oxygen atoms in total. The van der Waals surface area contributed by atoms with Crippen molar-refractivity contribution in [1.29, 1.82) is 0 Å². The third-order valence-corrected chi connectivity index (χ3v) is 4.92. The van der Waals surface area contributed by atoms with Crippen LogP contribution < -0.4 is 0 Å². The highest BCUT2D eigenvalue weighted by Crippen LogP contribution is 2.24. The Morgan fingerprint density at radius 2 is 1.96 bits per heavy atom. The number of aryl methyl sites for hydroxylation is 1. The molecule has 138 valence electrons. The Labute approximate surface area is 159 Å². The maximum atomic E-state index is 13.1. The number of aromatic nitrogens is 3. The number of amides is 1. The number of carbonyl (C=O) groups is 1. The van der Waals surface area contributed by atoms with Gasteiger partial charge in [-0.15, -0.1) is 0 Å². The number of benzene rings is 1. The summed E-state index contributed by atoms with van der Waals surface area (Å²) in [6, 6.07) is 9.85. The lowest BCUT2D eigenvalue weighted by atomic mass is 10.1. The molecule has 1 aliphatic rings. The predicted molar refractivity (Wildman–Crippen MR) is 105 cm³/mol. The fourth-order valence-electron chi connectivity index (χ4n) is 3.50. The van der Waals surface area contributed by atoms with E-state index in [0.29, 0.717) is 24.6 Å². The molecule has 4 rings (SSSR count). The summed E-state index contributed by atoms with van der Waals surface area (Å²) in [6.45, 7) is 7.50. The molecule has 5 heteroatoms. The third-order valence-electron chi connectivity index (χ3n) is 4.92. The lowest BCUT2D eigenvalue weighted by Crippen LogP contribution is -2.25. The number of fused-ring (bicyclic) bond motifs is 1. The predicted octanol–water partition coefficient (Wildman–Crippen LogP) is 3.93. The van der Waals surface area contributed by atoms with Gasteiger partial charge in [0.1, 0.15) is 5.82 Å². The van der Waals surface area contributed by atoms with Crippen LogP contribution in [0.25, 0.3) is 5.69 Å². The minimum absolute atomic E-state index is 0.0341. The van der Waals surface area contributed by atoms with Crippen molar-refractivity contribution in [1.82, 2.24) is 19.4 Å². The lowest BCUT2D eigenvalue weighted by molar-refractivity contribution is 0.0750. The topological polar surface area (TPSA) is 51.0 Å². The van der Waals surface area contributed by atoms with Gasteiger partial charge in [0.25, 0.3) is 5.91 Å². The Morgan fingerprint density at radius 3 is 2.70 bits per heavy atom. The van der Waals surface area contributed by atoms with Gasteiger partial charge in [-0.2, -0.15) is 0 Å². The van der Waals surface area contributed by atoms with E-state index >= 15 is 0 Å². The number of rotatable bonds is 4. The summed E-state index contributed by atoms with van der Waals surface area (Å²) in [5, 5.41) is 0. The maximum Gasteiger partial charge on any atom is 0.254 e. The van der Waals surface area contributed by atoms with Crippen LogP contribution >= 0.6 is 0 Å². The summed E-state index contributed by atoms with van der Waals surface area (Å²) >= 11 is 0. The molecule has 0 radical (unpaired) electrons. The van der Waals surface area contributed by atoms with E-state index in [0.717, 1.165) is 34.8 Å². The van der Waals surface area contributed by atoms with Gasteiger partial charge in [-0.05, 0) is 42.7 Å². The van der Waals surface area contributed by atoms with Crippen molar-refractivity contribution in [2.75, 3.05) is 0 Å². The van der Waals surface area contributed by atoms with Crippen molar-refractivity contribution in [2.24, 2.45) is 5.92 Å². The first-order valence-electron chi connectivity index (χ1n) is 9.38. The Bertz CT molecular complexity index is 976. The van der Waals surface area contributed by atoms with Crippen LogP contribution in [0.2, 0.25) is 0 Å². The zero-order valence-corrected chi connectivity index (χ0v) is 16.0. The largest absolute Gasteiger partial charge is 0.328 e. The summed E-state index contributed by atoms with van der Waals surface area (Å²) in [7, 11) is 0. The van der Waals surface area contributed by atoms with E-state index in [1.54, 1.807) is 0 Å². The first-order valence-corrected chi connectivity index (χ1v) is 9.38. The lowest BCUT2D eigenvalue weighted by Gasteiger charge is -2.16. The average Bonchev–Trinajstić information content (AvgIpc) is 3.30. The van der Waals surface area contributed by atoms with Crippen LogP contribution in [0.15, 0.2) is 48.9 Å². The molecule has 1 aromatic carbocycles. The molecule has 3 aromatic rings. The fourth-order valence-corrected chi connectivity index (χ4v) is 3.50. The molecule has 0 aliphatic carbocycles. The molecule has 0 saturated carbocycles. The first-order chi connectivity index (χ1) is 13.0. The van der Waals surface area contributed by atoms with Crippen LogP contribution in [-0.2, 0) is 19.5 Å². The van der Waals surface area contributed by atoms with Crippen LogP contribution in [0.1, 0.15) is 46.9 Å². The van der Waals surface area contributed by atoms with Gasteiger partial charge in [-0.1, -0.05) is 19.9 Å². The summed E-state index contributed by atoms with van der Waals surface area (Å²) < 4.78 is 2.04. The molecule has 0 saturated heterocycles. The fraction of sp³-hybridized carbons (Fsp3) is 0.318. The normalized spacial score (nSPS) is 13.3. The van der Waals surface area contributed by atoms with Crippen molar-refractivity contribution in [3.8, 4) is 5.69 Å². The number of nitrogens with zero attached hydrogens (tertiary/aromatic N) is 4. The van der Waals surface area contributed by atoms with Crippen molar-refractivity contribution < 1.29 is 4.79 Å². The summed E-state index contributed by atoms with van der Waals surface area (Å²) in [6.07, 6.45) is 6.73. The monoisotopic (exact) mass is 360 g/mol. The molecular formula is C22H24N4O. The second-order valence-electron chi connectivity index (χ2n) is 7.61. The van der Waals surface area contributed by atoms with Gasteiger partial charge in [-0.3, -0.25) is 4.79 Å². The molecule has 27 heavy (non-hydrogen) atoms. The summed E-state index contributed by atoms with van der Waals surface area (Å²) in [5.41, 5.74) is 4.89. The molecule has 0 bridgehead atoms. The minimum atomic E-state index is 0.0341. The van der Waals surface area contributed by atoms with E-state index in [2.05, 4.69) is 30.7 Å². The number of hydrogen-bond donors (Lipinski definition) is 0. The molecule has 1 aliphatic heterocycles. The smallest absolute Gasteiger partial charge is 0.254 e. The molecule has 0 unspecified atom stereocenters. The second-order valence-corrected chi connectivity index (χ2v) is 7.61. The Hall–Kier alpha value is -2.95. The highest BCUT2D eigenvalue weighted by atomic mass is 16.2. The molecule has 0 atom stereocenters. The Kier molecular flexibility index (Phi) is 4.52. The second kappa shape index (κ2) is 6.99. The van der Waals surface area contributed by atoms with Gasteiger partial charge in [0.15, 0.2) is 0 Å². The highest BCUT2D eigenvalue weighted by molar-refractivity contribution is 5.95. The third kappa shape index (κ3) is 3.50. The SMILES string of the molecule is Cc1ccc(C(=O)N2Cc3cnc(CC(C)C)nc3C2)cc1-n1cccc1. The average molecular weight is 360 g/mol. The van der Waals surface area contributed by atoms with Crippen LogP contribution in [-0.4, -0.2) is 25.3 Å². The molecule has 1 amide bonds. The van der Waals surface area contributed by atoms with E-state index in [4.69, 9.17) is 0 Å². The van der Waals surface area contributed by atoms with Gasteiger partial charge < -0.3 is 9.47 Å². The van der Waals surface area contributed by atoms with Crippen molar-refractivity contribution >= 4 is 5.91 Å². The summed E-state index contributed by atoms with van der Waals surface area (Å²) in [4.78, 5) is 24.1. The van der Waals surface area contributed by atoms with Gasteiger partial charge in [0.05, 0.1) is 12.2 Å². The van der Waals surface area contributed by atoms with E-state index < -0.39 is 0 Å². The Balaban J connectivity index is 1.56. The molecule has 0 fully saturated rings. The molecule has 2 aromatic heterocycles. The molecular weight excluding hydrogens is 336 g/mol. The number of hydrogen-bond acceptors (Lipinski definition) is 3. The maximum absolute atomic E-state index is 13.1. The van der Waals surface area contributed by atoms with E-state index in [-0.39, 0.29) is 5.91 Å². The van der Waals surface area contributed by atoms with Crippen LogP contribution in [0.3, 0.4) is 0 Å². The summed E-state index contributed by atoms with van der Waals surface area (Å²) in [5.74, 6) is 1.41. The zero-order valence-electron chi connectivity index (χ0n) is 16.0. The van der Waals surface area contributed by atoms with Gasteiger partial charge in [-0.25, -0.2) is 9.97 Å². The molecule has 3 heterocycles. The van der Waals surface area contributed by atoms with E-state index in [9.17, 15) is 4.79 Å². The Morgan fingerprint density at radius 1 is 1.19 bits per heavy atom. The molecule has 0 N–H and O–H groups in total. The van der Waals surface area contributed by atoms with Gasteiger partial charge in [0, 0.05) is 48.4 Å². The van der Waals surface area contributed by atoms with E-state index in [1.807, 2.05) is 58.4 Å². The van der Waals surface area contributed by atoms with Gasteiger partial charge >= 0.3 is 0 Å². The van der Waals surface area contributed by atoms with Crippen LogP contribution in [0.4, 0.5) is 0 Å². The van der Waals surface area contributed by atoms with Crippen molar-refractivity contribution in [3.05, 3.63) is 77.1 Å². The number of carbonyl (C=O) groups excluding carboxylic acids is 1. The first kappa shape index (κ1) is 17.5. The quantitative estimate of drug-likeness (QED) is 0.708.